The van der Waals surface area contributed by atoms with Gasteiger partial charge in [0.1, 0.15) is 4.47 Å². The monoisotopic (exact) mass is 455 g/mol. The number of methoxy groups -OCH3 is 1. The molecule has 0 fully saturated rings. The lowest BCUT2D eigenvalue weighted by Gasteiger charge is -2.06. The molecule has 2 aromatic rings. The molecule has 0 radical (unpaired) electrons. The van der Waals surface area contributed by atoms with E-state index >= 15 is 0 Å². The van der Waals surface area contributed by atoms with E-state index in [2.05, 4.69) is 52.8 Å². The highest BCUT2D eigenvalue weighted by atomic mass is 79.9. The topological polar surface area (TPSA) is 70.2 Å². The molecule has 9 heteroatoms. The molecule has 0 N–H and O–H groups in total. The van der Waals surface area contributed by atoms with Gasteiger partial charge in [-0.2, -0.15) is 0 Å². The molecular weight excluding hydrogens is 450 g/mol. The second kappa shape index (κ2) is 5.86. The second-order valence-electron chi connectivity index (χ2n) is 3.67. The first-order valence-electron chi connectivity index (χ1n) is 5.14. The van der Waals surface area contributed by atoms with Crippen LogP contribution in [0, 0.1) is 10.1 Å². The zero-order valence-electron chi connectivity index (χ0n) is 9.69. The van der Waals surface area contributed by atoms with Crippen molar-refractivity contribution in [2.24, 2.45) is 0 Å². The smallest absolute Gasteiger partial charge is 0.312 e. The standard InChI is InChI=1S/C10H8Br3N3O3/c1-19-3-2-15-6-4-5(11)7(12)9(16(17)18)8(6)14-10(15)13/h4H,2-3H2,1H3. The van der Waals surface area contributed by atoms with E-state index in [1.165, 1.54) is 0 Å². The molecule has 0 bridgehead atoms. The first-order chi connectivity index (χ1) is 8.97. The molecule has 0 spiro atoms. The van der Waals surface area contributed by atoms with E-state index in [0.29, 0.717) is 37.9 Å². The number of hydrogen-bond donors (Lipinski definition) is 0. The molecule has 0 amide bonds. The summed E-state index contributed by atoms with van der Waals surface area (Å²) >= 11 is 9.83. The highest BCUT2D eigenvalue weighted by Gasteiger charge is 2.25. The first-order valence-corrected chi connectivity index (χ1v) is 7.52. The average molecular weight is 458 g/mol. The fraction of sp³-hybridized carbons (Fsp3) is 0.300. The first kappa shape index (κ1) is 14.9. The summed E-state index contributed by atoms with van der Waals surface area (Å²) in [5, 5.41) is 11.2. The van der Waals surface area contributed by atoms with Crippen LogP contribution in [0.4, 0.5) is 5.69 Å². The number of nitro benzene ring substituents is 1. The van der Waals surface area contributed by atoms with Gasteiger partial charge in [-0.3, -0.25) is 10.1 Å². The second-order valence-corrected chi connectivity index (χ2v) is 6.03. The normalized spacial score (nSPS) is 11.2. The van der Waals surface area contributed by atoms with Crippen molar-refractivity contribution in [2.45, 2.75) is 6.54 Å². The average Bonchev–Trinajstić information content (AvgIpc) is 2.63. The van der Waals surface area contributed by atoms with Gasteiger partial charge in [0.2, 0.25) is 0 Å². The number of imidazole rings is 1. The lowest BCUT2D eigenvalue weighted by molar-refractivity contribution is -0.384. The minimum atomic E-state index is -0.447. The Bertz CT molecular complexity index is 656. The van der Waals surface area contributed by atoms with Crippen molar-refractivity contribution in [3.05, 3.63) is 29.9 Å². The van der Waals surface area contributed by atoms with Crippen LogP contribution in [0.2, 0.25) is 0 Å². The molecule has 1 aromatic heterocycles. The maximum absolute atomic E-state index is 11.2. The van der Waals surface area contributed by atoms with Crippen molar-refractivity contribution in [2.75, 3.05) is 13.7 Å². The summed E-state index contributed by atoms with van der Waals surface area (Å²) in [4.78, 5) is 15.0. The van der Waals surface area contributed by atoms with Crippen molar-refractivity contribution in [3.8, 4) is 0 Å². The molecule has 0 aliphatic carbocycles. The number of hydrogen-bond acceptors (Lipinski definition) is 4. The number of aromatic nitrogens is 2. The highest BCUT2D eigenvalue weighted by Crippen LogP contribution is 2.39. The Morgan fingerprint density at radius 2 is 2.16 bits per heavy atom. The molecule has 0 unspecified atom stereocenters. The summed E-state index contributed by atoms with van der Waals surface area (Å²) in [5.41, 5.74) is 0.954. The number of benzene rings is 1. The minimum Gasteiger partial charge on any atom is -0.383 e. The van der Waals surface area contributed by atoms with Gasteiger partial charge in [-0.15, -0.1) is 0 Å². The van der Waals surface area contributed by atoms with E-state index in [-0.39, 0.29) is 5.69 Å². The zero-order chi connectivity index (χ0) is 14.2. The van der Waals surface area contributed by atoms with Crippen LogP contribution in [0.25, 0.3) is 11.0 Å². The van der Waals surface area contributed by atoms with Crippen LogP contribution in [0.15, 0.2) is 19.7 Å². The van der Waals surface area contributed by atoms with E-state index < -0.39 is 4.92 Å². The summed E-state index contributed by atoms with van der Waals surface area (Å²) in [6, 6.07) is 1.79. The lowest BCUT2D eigenvalue weighted by Crippen LogP contribution is -2.04. The Morgan fingerprint density at radius 3 is 2.74 bits per heavy atom. The predicted octanol–water partition coefficient (Wildman–Crippen LogP) is 3.88. The quantitative estimate of drug-likeness (QED) is 0.516. The fourth-order valence-corrected chi connectivity index (χ4v) is 3.12. The van der Waals surface area contributed by atoms with Crippen molar-refractivity contribution in [1.29, 1.82) is 0 Å². The summed E-state index contributed by atoms with van der Waals surface area (Å²) in [5.74, 6) is 0. The number of rotatable bonds is 4. The molecule has 6 nitrogen and oxygen atoms in total. The molecule has 102 valence electrons. The van der Waals surface area contributed by atoms with Gasteiger partial charge in [0.15, 0.2) is 10.3 Å². The van der Waals surface area contributed by atoms with Crippen molar-refractivity contribution in [1.82, 2.24) is 9.55 Å². The van der Waals surface area contributed by atoms with Crippen molar-refractivity contribution >= 4 is 64.5 Å². The molecule has 0 saturated heterocycles. The van der Waals surface area contributed by atoms with E-state index in [1.807, 2.05) is 4.57 Å². The third-order valence-corrected chi connectivity index (χ3v) is 5.13. The Balaban J connectivity index is 2.75. The molecule has 0 aliphatic heterocycles. The lowest BCUT2D eigenvalue weighted by atomic mass is 10.2. The van der Waals surface area contributed by atoms with E-state index in [0.717, 1.165) is 0 Å². The highest BCUT2D eigenvalue weighted by molar-refractivity contribution is 9.13. The van der Waals surface area contributed by atoms with Crippen LogP contribution in [0.3, 0.4) is 0 Å². The Hall–Kier alpha value is -0.510. The van der Waals surface area contributed by atoms with Crippen LogP contribution >= 0.6 is 47.8 Å². The largest absolute Gasteiger partial charge is 0.383 e. The van der Waals surface area contributed by atoms with Gasteiger partial charge in [0.25, 0.3) is 0 Å². The Kier molecular flexibility index (Phi) is 4.59. The van der Waals surface area contributed by atoms with Crippen molar-refractivity contribution in [3.63, 3.8) is 0 Å². The Labute approximate surface area is 133 Å². The number of halogens is 3. The van der Waals surface area contributed by atoms with Gasteiger partial charge < -0.3 is 9.30 Å². The van der Waals surface area contributed by atoms with Gasteiger partial charge in [-0.05, 0) is 53.9 Å². The van der Waals surface area contributed by atoms with E-state index in [9.17, 15) is 10.1 Å². The molecule has 0 atom stereocenters. The number of nitro groups is 1. The minimum absolute atomic E-state index is 0.0544. The van der Waals surface area contributed by atoms with Crippen molar-refractivity contribution < 1.29 is 9.66 Å². The SMILES string of the molecule is COCCn1c(Br)nc2c([N+](=O)[O-])c(Br)c(Br)cc21. The van der Waals surface area contributed by atoms with E-state index in [1.54, 1.807) is 13.2 Å². The summed E-state index contributed by atoms with van der Waals surface area (Å²) in [6.07, 6.45) is 0. The summed E-state index contributed by atoms with van der Waals surface area (Å²) in [6.45, 7) is 1.05. The van der Waals surface area contributed by atoms with Crippen LogP contribution in [0.5, 0.6) is 0 Å². The van der Waals surface area contributed by atoms with E-state index in [4.69, 9.17) is 4.74 Å². The van der Waals surface area contributed by atoms with Gasteiger partial charge >= 0.3 is 5.69 Å². The molecule has 0 saturated carbocycles. The molecule has 2 rings (SSSR count). The molecule has 19 heavy (non-hydrogen) atoms. The van der Waals surface area contributed by atoms with Gasteiger partial charge in [-0.1, -0.05) is 0 Å². The summed E-state index contributed by atoms with van der Waals surface area (Å²) in [7, 11) is 1.60. The number of fused-ring (bicyclic) bond motifs is 1. The van der Waals surface area contributed by atoms with Gasteiger partial charge in [0.05, 0.1) is 17.0 Å². The summed E-state index contributed by atoms with van der Waals surface area (Å²) < 4.78 is 8.38. The fourth-order valence-electron chi connectivity index (χ4n) is 1.72. The molecule has 0 aliphatic rings. The number of nitrogens with zero attached hydrogens (tertiary/aromatic N) is 3. The number of ether oxygens (including phenoxy) is 1. The molecular formula is C10H8Br3N3O3. The molecule has 1 heterocycles. The van der Waals surface area contributed by atoms with Crippen LogP contribution in [-0.4, -0.2) is 28.2 Å². The Morgan fingerprint density at radius 1 is 1.47 bits per heavy atom. The maximum atomic E-state index is 11.2. The predicted molar refractivity (Wildman–Crippen MR) is 81.4 cm³/mol. The third-order valence-electron chi connectivity index (χ3n) is 2.57. The van der Waals surface area contributed by atoms with Gasteiger partial charge in [0, 0.05) is 18.1 Å². The van der Waals surface area contributed by atoms with Crippen LogP contribution < -0.4 is 0 Å². The maximum Gasteiger partial charge on any atom is 0.312 e. The van der Waals surface area contributed by atoms with Crippen LogP contribution in [0.1, 0.15) is 0 Å². The van der Waals surface area contributed by atoms with Gasteiger partial charge in [-0.25, -0.2) is 4.98 Å². The molecule has 1 aromatic carbocycles. The zero-order valence-corrected chi connectivity index (χ0v) is 14.4. The third kappa shape index (κ3) is 2.69. The van der Waals surface area contributed by atoms with Crippen LogP contribution in [-0.2, 0) is 11.3 Å².